The number of hydrogen-bond donors (Lipinski definition) is 1. The van der Waals surface area contributed by atoms with Crippen molar-refractivity contribution in [3.05, 3.63) is 34.5 Å². The lowest BCUT2D eigenvalue weighted by molar-refractivity contribution is -0.0528. The van der Waals surface area contributed by atoms with E-state index in [1.165, 1.54) is 11.1 Å². The molecule has 3 heterocycles. The van der Waals surface area contributed by atoms with Crippen LogP contribution < -0.4 is 10.1 Å². The molecular formula is C16H14F2N4OS. The number of halogens is 2. The van der Waals surface area contributed by atoms with Crippen LogP contribution in [-0.4, -0.2) is 28.1 Å². The van der Waals surface area contributed by atoms with Crippen LogP contribution in [-0.2, 0) is 13.0 Å². The van der Waals surface area contributed by atoms with Crippen molar-refractivity contribution in [2.45, 2.75) is 26.5 Å². The van der Waals surface area contributed by atoms with Gasteiger partial charge in [0.25, 0.3) is 0 Å². The van der Waals surface area contributed by atoms with Crippen LogP contribution in [0.25, 0.3) is 21.6 Å². The molecule has 2 aromatic heterocycles. The average Bonchev–Trinajstić information content (AvgIpc) is 2.97. The molecule has 1 aliphatic rings. The molecule has 4 rings (SSSR count). The number of nitrogens with one attached hydrogen (secondary N) is 1. The third-order valence-corrected chi connectivity index (χ3v) is 4.94. The summed E-state index contributed by atoms with van der Waals surface area (Å²) < 4.78 is 29.1. The van der Waals surface area contributed by atoms with Crippen LogP contribution in [0.2, 0.25) is 0 Å². The predicted molar refractivity (Wildman–Crippen MR) is 87.4 cm³/mol. The van der Waals surface area contributed by atoms with Crippen molar-refractivity contribution in [3.8, 4) is 16.5 Å². The predicted octanol–water partition coefficient (Wildman–Crippen LogP) is 3.31. The fourth-order valence-electron chi connectivity index (χ4n) is 2.80. The summed E-state index contributed by atoms with van der Waals surface area (Å²) in [6.07, 6.45) is 2.13. The standard InChI is InChI=1S/C16H14F2N4OS/c1-8-4-9(15-22-10-2-3-19-6-12(10)24-15)14-11(5-8)21-13(7-20-14)23-16(17)18/h4-5,7,16,19H,2-3,6H2,1H3. The van der Waals surface area contributed by atoms with E-state index in [0.717, 1.165) is 41.3 Å². The molecule has 0 saturated carbocycles. The minimum absolute atomic E-state index is 0.184. The first-order chi connectivity index (χ1) is 11.6. The maximum atomic E-state index is 12.4. The lowest BCUT2D eigenvalue weighted by Gasteiger charge is -2.09. The molecule has 3 aromatic rings. The molecule has 0 amide bonds. The number of nitrogens with zero attached hydrogens (tertiary/aromatic N) is 3. The Labute approximate surface area is 140 Å². The molecule has 0 saturated heterocycles. The van der Waals surface area contributed by atoms with Gasteiger partial charge in [0.2, 0.25) is 5.88 Å². The maximum absolute atomic E-state index is 12.4. The van der Waals surface area contributed by atoms with Crippen LogP contribution in [0.4, 0.5) is 8.78 Å². The van der Waals surface area contributed by atoms with Crippen molar-refractivity contribution in [2.24, 2.45) is 0 Å². The molecule has 0 bridgehead atoms. The number of ether oxygens (including phenoxy) is 1. The average molecular weight is 348 g/mol. The van der Waals surface area contributed by atoms with Gasteiger partial charge in [-0.3, -0.25) is 0 Å². The molecule has 0 aliphatic carbocycles. The summed E-state index contributed by atoms with van der Waals surface area (Å²) >= 11 is 1.63. The Morgan fingerprint density at radius 3 is 2.96 bits per heavy atom. The molecule has 1 N–H and O–H groups in total. The van der Waals surface area contributed by atoms with Crippen molar-refractivity contribution in [2.75, 3.05) is 6.54 Å². The fourth-order valence-corrected chi connectivity index (χ4v) is 3.89. The quantitative estimate of drug-likeness (QED) is 0.787. The first-order valence-electron chi connectivity index (χ1n) is 7.52. The highest BCUT2D eigenvalue weighted by Gasteiger charge is 2.18. The molecule has 5 nitrogen and oxygen atoms in total. The van der Waals surface area contributed by atoms with Gasteiger partial charge in [-0.1, -0.05) is 0 Å². The first-order valence-corrected chi connectivity index (χ1v) is 8.33. The van der Waals surface area contributed by atoms with Gasteiger partial charge in [0.1, 0.15) is 5.01 Å². The molecule has 0 atom stereocenters. The van der Waals surface area contributed by atoms with Gasteiger partial charge in [-0.25, -0.2) is 15.0 Å². The van der Waals surface area contributed by atoms with E-state index in [1.54, 1.807) is 17.4 Å². The Kier molecular flexibility index (Phi) is 3.85. The second-order valence-corrected chi connectivity index (χ2v) is 6.67. The Hall–Kier alpha value is -2.19. The largest absolute Gasteiger partial charge is 0.415 e. The molecule has 1 aromatic carbocycles. The lowest BCUT2D eigenvalue weighted by atomic mass is 10.1. The summed E-state index contributed by atoms with van der Waals surface area (Å²) in [4.78, 5) is 14.4. The van der Waals surface area contributed by atoms with Crippen LogP contribution in [0.3, 0.4) is 0 Å². The zero-order chi connectivity index (χ0) is 16.7. The van der Waals surface area contributed by atoms with Crippen LogP contribution in [0, 0.1) is 6.92 Å². The highest BCUT2D eigenvalue weighted by Crippen LogP contribution is 2.34. The Morgan fingerprint density at radius 1 is 1.29 bits per heavy atom. The Morgan fingerprint density at radius 2 is 2.17 bits per heavy atom. The summed E-state index contributed by atoms with van der Waals surface area (Å²) in [6, 6.07) is 3.81. The van der Waals surface area contributed by atoms with Crippen LogP contribution in [0.15, 0.2) is 18.3 Å². The number of fused-ring (bicyclic) bond motifs is 2. The molecule has 0 radical (unpaired) electrons. The van der Waals surface area contributed by atoms with Gasteiger partial charge in [0.05, 0.1) is 22.9 Å². The number of hydrogen-bond acceptors (Lipinski definition) is 6. The maximum Gasteiger partial charge on any atom is 0.388 e. The lowest BCUT2D eigenvalue weighted by Crippen LogP contribution is -2.22. The van der Waals surface area contributed by atoms with Gasteiger partial charge in [-0.2, -0.15) is 8.78 Å². The second-order valence-electron chi connectivity index (χ2n) is 5.58. The van der Waals surface area contributed by atoms with E-state index in [-0.39, 0.29) is 5.88 Å². The Bertz CT molecular complexity index is 889. The number of aromatic nitrogens is 3. The summed E-state index contributed by atoms with van der Waals surface area (Å²) in [5.41, 5.74) is 4.12. The van der Waals surface area contributed by atoms with Crippen molar-refractivity contribution < 1.29 is 13.5 Å². The third-order valence-electron chi connectivity index (χ3n) is 3.81. The monoisotopic (exact) mass is 348 g/mol. The smallest absolute Gasteiger partial charge is 0.388 e. The van der Waals surface area contributed by atoms with Crippen LogP contribution in [0.5, 0.6) is 5.88 Å². The first kappa shape index (κ1) is 15.3. The van der Waals surface area contributed by atoms with E-state index in [1.807, 2.05) is 13.0 Å². The normalized spacial score (nSPS) is 14.2. The summed E-state index contributed by atoms with van der Waals surface area (Å²) in [7, 11) is 0. The highest BCUT2D eigenvalue weighted by atomic mass is 32.1. The van der Waals surface area contributed by atoms with Gasteiger partial charge in [-0.05, 0) is 24.6 Å². The van der Waals surface area contributed by atoms with Crippen molar-refractivity contribution >= 4 is 22.4 Å². The molecule has 1 aliphatic heterocycles. The highest BCUT2D eigenvalue weighted by molar-refractivity contribution is 7.15. The second kappa shape index (κ2) is 6.03. The van der Waals surface area contributed by atoms with E-state index < -0.39 is 6.61 Å². The van der Waals surface area contributed by atoms with Gasteiger partial charge >= 0.3 is 6.61 Å². The topological polar surface area (TPSA) is 59.9 Å². The summed E-state index contributed by atoms with van der Waals surface area (Å²) in [5, 5.41) is 4.22. The SMILES string of the molecule is Cc1cc(-c2nc3c(s2)CNCC3)c2ncc(OC(F)F)nc2c1. The van der Waals surface area contributed by atoms with E-state index in [2.05, 4.69) is 20.0 Å². The minimum Gasteiger partial charge on any atom is -0.415 e. The molecule has 0 unspecified atom stereocenters. The van der Waals surface area contributed by atoms with Gasteiger partial charge in [-0.15, -0.1) is 11.3 Å². The van der Waals surface area contributed by atoms with Gasteiger partial charge in [0, 0.05) is 30.0 Å². The number of aryl methyl sites for hydroxylation is 1. The van der Waals surface area contributed by atoms with E-state index in [4.69, 9.17) is 4.98 Å². The fraction of sp³-hybridized carbons (Fsp3) is 0.312. The van der Waals surface area contributed by atoms with Crippen LogP contribution >= 0.6 is 11.3 Å². The number of thiazole rings is 1. The van der Waals surface area contributed by atoms with Crippen LogP contribution in [0.1, 0.15) is 16.1 Å². The molecule has 24 heavy (non-hydrogen) atoms. The zero-order valence-corrected chi connectivity index (χ0v) is 13.7. The third kappa shape index (κ3) is 2.83. The van der Waals surface area contributed by atoms with Gasteiger partial charge in [0.15, 0.2) is 0 Å². The zero-order valence-electron chi connectivity index (χ0n) is 12.8. The molecule has 0 fully saturated rings. The van der Waals surface area contributed by atoms with Crippen molar-refractivity contribution in [3.63, 3.8) is 0 Å². The van der Waals surface area contributed by atoms with E-state index >= 15 is 0 Å². The van der Waals surface area contributed by atoms with E-state index in [9.17, 15) is 8.78 Å². The van der Waals surface area contributed by atoms with Crippen molar-refractivity contribution in [1.29, 1.82) is 0 Å². The summed E-state index contributed by atoms with van der Waals surface area (Å²) in [6.45, 7) is 0.771. The molecule has 124 valence electrons. The minimum atomic E-state index is -2.92. The molecular weight excluding hydrogens is 334 g/mol. The number of benzene rings is 1. The molecule has 8 heteroatoms. The molecule has 0 spiro atoms. The number of alkyl halides is 2. The van der Waals surface area contributed by atoms with Gasteiger partial charge < -0.3 is 10.1 Å². The summed E-state index contributed by atoms with van der Waals surface area (Å²) in [5.74, 6) is -0.184. The Balaban J connectivity index is 1.84. The van der Waals surface area contributed by atoms with E-state index in [0.29, 0.717) is 11.0 Å². The van der Waals surface area contributed by atoms with Crippen molar-refractivity contribution in [1.82, 2.24) is 20.3 Å². The number of rotatable bonds is 3.